The molecule has 134 valence electrons. The summed E-state index contributed by atoms with van der Waals surface area (Å²) in [6.07, 6.45) is 3.94. The molecule has 0 spiro atoms. The van der Waals surface area contributed by atoms with Crippen molar-refractivity contribution in [3.63, 3.8) is 0 Å². The highest BCUT2D eigenvalue weighted by Crippen LogP contribution is 2.23. The lowest BCUT2D eigenvalue weighted by Gasteiger charge is -2.12. The Bertz CT molecular complexity index is 1100. The number of nitrogens with zero attached hydrogens (tertiary/aromatic N) is 2. The Labute approximate surface area is 157 Å². The van der Waals surface area contributed by atoms with Crippen molar-refractivity contribution in [3.05, 3.63) is 84.2 Å². The van der Waals surface area contributed by atoms with E-state index >= 15 is 0 Å². The Kier molecular flexibility index (Phi) is 4.34. The second-order valence-corrected chi connectivity index (χ2v) is 6.50. The molecule has 0 bridgehead atoms. The number of amides is 2. The molecule has 0 fully saturated rings. The van der Waals surface area contributed by atoms with E-state index in [0.717, 1.165) is 33.7 Å². The summed E-state index contributed by atoms with van der Waals surface area (Å²) in [6, 6.07) is 19.2. The van der Waals surface area contributed by atoms with Gasteiger partial charge in [0.15, 0.2) is 0 Å². The molecule has 0 radical (unpaired) electrons. The number of rotatable bonds is 3. The largest absolute Gasteiger partial charge is 0.323 e. The summed E-state index contributed by atoms with van der Waals surface area (Å²) in [5, 5.41) is 5.81. The highest BCUT2D eigenvalue weighted by molar-refractivity contribution is 6.00. The van der Waals surface area contributed by atoms with E-state index in [2.05, 4.69) is 15.6 Å². The first-order valence-electron chi connectivity index (χ1n) is 8.78. The first-order chi connectivity index (χ1) is 13.1. The lowest BCUT2D eigenvalue weighted by atomic mass is 10.1. The van der Waals surface area contributed by atoms with Gasteiger partial charge in [0.25, 0.3) is 0 Å². The minimum absolute atomic E-state index is 0.268. The fraction of sp³-hybridized carbons (Fsp3) is 0.0909. The molecule has 2 aromatic heterocycles. The lowest BCUT2D eigenvalue weighted by molar-refractivity contribution is 0.262. The monoisotopic (exact) mass is 356 g/mol. The van der Waals surface area contributed by atoms with Crippen LogP contribution in [0.15, 0.2) is 73.1 Å². The number of carbonyl (C=O) groups is 1. The predicted molar refractivity (Wildman–Crippen MR) is 109 cm³/mol. The van der Waals surface area contributed by atoms with Crippen molar-refractivity contribution in [1.29, 1.82) is 0 Å². The molecular formula is C22H20N4O. The average Bonchev–Trinajstić information content (AvgIpc) is 3.10. The number of aryl methyl sites for hydroxylation is 1. The van der Waals surface area contributed by atoms with Gasteiger partial charge in [0, 0.05) is 29.3 Å². The minimum Gasteiger partial charge on any atom is -0.308 e. The number of urea groups is 1. The maximum Gasteiger partial charge on any atom is 0.323 e. The maximum atomic E-state index is 12.4. The van der Waals surface area contributed by atoms with Crippen LogP contribution in [0, 0.1) is 13.8 Å². The number of hydrogen-bond acceptors (Lipinski definition) is 2. The van der Waals surface area contributed by atoms with E-state index in [1.807, 2.05) is 91.3 Å². The fourth-order valence-electron chi connectivity index (χ4n) is 3.00. The van der Waals surface area contributed by atoms with Crippen molar-refractivity contribution in [1.82, 2.24) is 9.38 Å². The molecule has 0 unspecified atom stereocenters. The van der Waals surface area contributed by atoms with Crippen LogP contribution in [-0.4, -0.2) is 15.4 Å². The van der Waals surface area contributed by atoms with E-state index in [9.17, 15) is 4.79 Å². The van der Waals surface area contributed by atoms with Crippen molar-refractivity contribution in [3.8, 4) is 11.3 Å². The van der Waals surface area contributed by atoms with E-state index in [1.54, 1.807) is 0 Å². The Morgan fingerprint density at radius 1 is 0.963 bits per heavy atom. The number of anilines is 2. The van der Waals surface area contributed by atoms with Crippen LogP contribution in [0.3, 0.4) is 0 Å². The first-order valence-corrected chi connectivity index (χ1v) is 8.78. The molecule has 5 nitrogen and oxygen atoms in total. The average molecular weight is 356 g/mol. The second kappa shape index (κ2) is 6.96. The number of carbonyl (C=O) groups excluding carboxylic acids is 1. The number of imidazole rings is 1. The number of hydrogen-bond donors (Lipinski definition) is 2. The molecule has 0 atom stereocenters. The van der Waals surface area contributed by atoms with Gasteiger partial charge in [-0.2, -0.15) is 0 Å². The smallest absolute Gasteiger partial charge is 0.308 e. The third-order valence-electron chi connectivity index (χ3n) is 4.63. The van der Waals surface area contributed by atoms with Crippen LogP contribution in [0.1, 0.15) is 11.1 Å². The molecule has 0 aliphatic rings. The summed E-state index contributed by atoms with van der Waals surface area (Å²) in [5.41, 5.74) is 6.42. The van der Waals surface area contributed by atoms with Crippen molar-refractivity contribution in [2.75, 3.05) is 10.6 Å². The molecule has 0 saturated heterocycles. The molecule has 2 N–H and O–H groups in total. The van der Waals surface area contributed by atoms with Gasteiger partial charge in [-0.1, -0.05) is 30.3 Å². The van der Waals surface area contributed by atoms with Gasteiger partial charge < -0.3 is 15.0 Å². The zero-order valence-electron chi connectivity index (χ0n) is 15.2. The Morgan fingerprint density at radius 3 is 2.67 bits per heavy atom. The predicted octanol–water partition coefficient (Wildman–Crippen LogP) is 5.26. The molecular weight excluding hydrogens is 336 g/mol. The van der Waals surface area contributed by atoms with Gasteiger partial charge in [-0.25, -0.2) is 9.78 Å². The molecule has 2 aromatic carbocycles. The van der Waals surface area contributed by atoms with Crippen molar-refractivity contribution in [2.24, 2.45) is 0 Å². The van der Waals surface area contributed by atoms with Crippen LogP contribution in [-0.2, 0) is 0 Å². The van der Waals surface area contributed by atoms with Crippen molar-refractivity contribution < 1.29 is 4.79 Å². The normalized spacial score (nSPS) is 10.7. The molecule has 5 heteroatoms. The van der Waals surface area contributed by atoms with E-state index < -0.39 is 0 Å². The summed E-state index contributed by atoms with van der Waals surface area (Å²) in [7, 11) is 0. The number of nitrogens with one attached hydrogen (secondary N) is 2. The van der Waals surface area contributed by atoms with Gasteiger partial charge in [0.2, 0.25) is 0 Å². The molecule has 2 heterocycles. The Hall–Kier alpha value is -3.60. The van der Waals surface area contributed by atoms with Crippen LogP contribution >= 0.6 is 0 Å². The minimum atomic E-state index is -0.268. The highest BCUT2D eigenvalue weighted by atomic mass is 16.2. The van der Waals surface area contributed by atoms with Gasteiger partial charge >= 0.3 is 6.03 Å². The fourth-order valence-corrected chi connectivity index (χ4v) is 3.00. The molecule has 2 amide bonds. The Balaban J connectivity index is 1.54. The first kappa shape index (κ1) is 16.8. The van der Waals surface area contributed by atoms with Crippen LogP contribution in [0.5, 0.6) is 0 Å². The Morgan fingerprint density at radius 2 is 1.81 bits per heavy atom. The third kappa shape index (κ3) is 3.53. The highest BCUT2D eigenvalue weighted by Gasteiger charge is 2.08. The quantitative estimate of drug-likeness (QED) is 0.526. The number of pyridine rings is 1. The summed E-state index contributed by atoms with van der Waals surface area (Å²) in [6.45, 7) is 4.02. The van der Waals surface area contributed by atoms with E-state index in [0.29, 0.717) is 5.69 Å². The molecule has 4 rings (SSSR count). The maximum absolute atomic E-state index is 12.4. The van der Waals surface area contributed by atoms with Gasteiger partial charge in [-0.15, -0.1) is 0 Å². The summed E-state index contributed by atoms with van der Waals surface area (Å²) in [5.74, 6) is 0. The zero-order chi connectivity index (χ0) is 18.8. The van der Waals surface area contributed by atoms with Crippen molar-refractivity contribution >= 4 is 23.1 Å². The molecule has 4 aromatic rings. The van der Waals surface area contributed by atoms with Crippen LogP contribution in [0.4, 0.5) is 16.2 Å². The van der Waals surface area contributed by atoms with Gasteiger partial charge in [-0.05, 0) is 55.3 Å². The molecule has 0 saturated carbocycles. The van der Waals surface area contributed by atoms with E-state index in [4.69, 9.17) is 0 Å². The lowest BCUT2D eigenvalue weighted by Crippen LogP contribution is -2.20. The standard InChI is InChI=1S/C22H20N4O/c1-15-7-5-10-19(16(15)2)25-22(27)23-18-9-6-8-17(13-18)20-14-26-12-4-3-11-21(26)24-20/h3-14H,1-2H3,(H2,23,25,27). The van der Waals surface area contributed by atoms with Gasteiger partial charge in [0.05, 0.1) is 5.69 Å². The summed E-state index contributed by atoms with van der Waals surface area (Å²) in [4.78, 5) is 17.0. The SMILES string of the molecule is Cc1cccc(NC(=O)Nc2cccc(-c3cn4ccccc4n3)c2)c1C. The van der Waals surface area contributed by atoms with Gasteiger partial charge in [0.1, 0.15) is 5.65 Å². The summed E-state index contributed by atoms with van der Waals surface area (Å²) >= 11 is 0. The van der Waals surface area contributed by atoms with E-state index in [1.165, 1.54) is 0 Å². The number of aromatic nitrogens is 2. The number of fused-ring (bicyclic) bond motifs is 1. The topological polar surface area (TPSA) is 58.4 Å². The van der Waals surface area contributed by atoms with Gasteiger partial charge in [-0.3, -0.25) is 0 Å². The number of benzene rings is 2. The molecule has 0 aliphatic carbocycles. The zero-order valence-corrected chi connectivity index (χ0v) is 15.2. The van der Waals surface area contributed by atoms with Crippen molar-refractivity contribution in [2.45, 2.75) is 13.8 Å². The second-order valence-electron chi connectivity index (χ2n) is 6.50. The van der Waals surface area contributed by atoms with E-state index in [-0.39, 0.29) is 6.03 Å². The van der Waals surface area contributed by atoms with Crippen LogP contribution in [0.2, 0.25) is 0 Å². The summed E-state index contributed by atoms with van der Waals surface area (Å²) < 4.78 is 1.97. The van der Waals surface area contributed by atoms with Crippen LogP contribution in [0.25, 0.3) is 16.9 Å². The molecule has 27 heavy (non-hydrogen) atoms. The molecule has 0 aliphatic heterocycles. The van der Waals surface area contributed by atoms with Crippen LogP contribution < -0.4 is 10.6 Å². The third-order valence-corrected chi connectivity index (χ3v) is 4.63.